The van der Waals surface area contributed by atoms with Gasteiger partial charge in [0.15, 0.2) is 4.67 Å². The minimum Gasteiger partial charge on any atom is -0.457 e. The first-order chi connectivity index (χ1) is 9.00. The van der Waals surface area contributed by atoms with E-state index in [-0.39, 0.29) is 17.7 Å². The maximum atomic E-state index is 12.2. The fraction of sp³-hybridized carbons (Fsp3) is 0.538. The molecule has 19 heavy (non-hydrogen) atoms. The Bertz CT molecular complexity index is 476. The first-order valence-corrected chi connectivity index (χ1v) is 7.03. The number of hydrogen-bond donors (Lipinski definition) is 0. The largest absolute Gasteiger partial charge is 0.457 e. The molecule has 1 aromatic heterocycles. The number of halogens is 1. The van der Waals surface area contributed by atoms with Crippen molar-refractivity contribution in [3.63, 3.8) is 0 Å². The molecule has 1 fully saturated rings. The molecular formula is C13H17BrN2O3. The Labute approximate surface area is 120 Å². The average Bonchev–Trinajstić information content (AvgIpc) is 2.83. The van der Waals surface area contributed by atoms with Gasteiger partial charge >= 0.3 is 0 Å². The van der Waals surface area contributed by atoms with Crippen molar-refractivity contribution in [3.05, 3.63) is 22.6 Å². The van der Waals surface area contributed by atoms with Gasteiger partial charge in [-0.05, 0) is 34.8 Å². The predicted octanol–water partition coefficient (Wildman–Crippen LogP) is 1.98. The molecule has 1 aliphatic rings. The van der Waals surface area contributed by atoms with Crippen molar-refractivity contribution in [2.24, 2.45) is 5.92 Å². The molecule has 1 saturated heterocycles. The van der Waals surface area contributed by atoms with Gasteiger partial charge in [0.1, 0.15) is 0 Å². The smallest absolute Gasteiger partial charge is 0.258 e. The van der Waals surface area contributed by atoms with Crippen LogP contribution in [0, 0.1) is 5.92 Å². The number of rotatable bonds is 2. The second-order valence-corrected chi connectivity index (χ2v) is 5.63. The van der Waals surface area contributed by atoms with E-state index in [4.69, 9.17) is 4.42 Å². The van der Waals surface area contributed by atoms with Gasteiger partial charge in [0.25, 0.3) is 5.91 Å². The molecule has 0 bridgehead atoms. The van der Waals surface area contributed by atoms with E-state index < -0.39 is 0 Å². The van der Waals surface area contributed by atoms with Gasteiger partial charge in [0.05, 0.1) is 11.8 Å². The van der Waals surface area contributed by atoms with E-state index in [9.17, 15) is 9.59 Å². The summed E-state index contributed by atoms with van der Waals surface area (Å²) in [5, 5.41) is 0. The highest BCUT2D eigenvalue weighted by atomic mass is 79.9. The molecule has 1 aromatic rings. The minimum absolute atomic E-state index is 0.0341. The van der Waals surface area contributed by atoms with E-state index in [2.05, 4.69) is 15.9 Å². The highest BCUT2D eigenvalue weighted by Crippen LogP contribution is 2.24. The molecule has 2 rings (SSSR count). The van der Waals surface area contributed by atoms with Crippen LogP contribution in [0.25, 0.3) is 0 Å². The molecule has 0 saturated carbocycles. The first-order valence-electron chi connectivity index (χ1n) is 6.24. The van der Waals surface area contributed by atoms with E-state index in [1.54, 1.807) is 30.0 Å². The normalized spacial score (nSPS) is 16.5. The van der Waals surface area contributed by atoms with E-state index >= 15 is 0 Å². The summed E-state index contributed by atoms with van der Waals surface area (Å²) in [6, 6.07) is 1.66. The van der Waals surface area contributed by atoms with Crippen molar-refractivity contribution in [2.75, 3.05) is 27.2 Å². The van der Waals surface area contributed by atoms with E-state index in [0.717, 1.165) is 12.8 Å². The lowest BCUT2D eigenvalue weighted by molar-refractivity contribution is -0.134. The molecule has 104 valence electrons. The van der Waals surface area contributed by atoms with Gasteiger partial charge in [-0.3, -0.25) is 9.59 Å². The molecule has 2 heterocycles. The van der Waals surface area contributed by atoms with Crippen LogP contribution >= 0.6 is 15.9 Å². The van der Waals surface area contributed by atoms with E-state index in [1.807, 2.05) is 0 Å². The highest BCUT2D eigenvalue weighted by Gasteiger charge is 2.29. The van der Waals surface area contributed by atoms with Crippen LogP contribution in [0.4, 0.5) is 0 Å². The lowest BCUT2D eigenvalue weighted by Crippen LogP contribution is -2.42. The lowest BCUT2D eigenvalue weighted by atomic mass is 9.95. The van der Waals surface area contributed by atoms with Crippen molar-refractivity contribution < 1.29 is 14.0 Å². The van der Waals surface area contributed by atoms with Gasteiger partial charge in [-0.25, -0.2) is 0 Å². The maximum Gasteiger partial charge on any atom is 0.258 e. The molecule has 0 aliphatic carbocycles. The quantitative estimate of drug-likeness (QED) is 0.834. The summed E-state index contributed by atoms with van der Waals surface area (Å²) in [6.07, 6.45) is 2.93. The fourth-order valence-electron chi connectivity index (χ4n) is 2.31. The Balaban J connectivity index is 1.95. The zero-order valence-corrected chi connectivity index (χ0v) is 12.6. The molecule has 0 N–H and O–H groups in total. The van der Waals surface area contributed by atoms with Crippen LogP contribution in [-0.2, 0) is 4.79 Å². The maximum absolute atomic E-state index is 12.2. The second-order valence-electron chi connectivity index (χ2n) is 4.91. The van der Waals surface area contributed by atoms with E-state index in [1.165, 1.54) is 6.26 Å². The molecular weight excluding hydrogens is 312 g/mol. The van der Waals surface area contributed by atoms with Crippen molar-refractivity contribution in [3.8, 4) is 0 Å². The van der Waals surface area contributed by atoms with Gasteiger partial charge in [-0.15, -0.1) is 0 Å². The number of furan rings is 1. The van der Waals surface area contributed by atoms with Gasteiger partial charge in [-0.2, -0.15) is 0 Å². The van der Waals surface area contributed by atoms with Crippen LogP contribution < -0.4 is 0 Å². The number of nitrogens with zero attached hydrogens (tertiary/aromatic N) is 2. The molecule has 1 aliphatic heterocycles. The van der Waals surface area contributed by atoms with Gasteiger partial charge < -0.3 is 14.2 Å². The van der Waals surface area contributed by atoms with Crippen LogP contribution in [0.2, 0.25) is 0 Å². The Morgan fingerprint density at radius 3 is 2.47 bits per heavy atom. The Morgan fingerprint density at radius 1 is 1.37 bits per heavy atom. The van der Waals surface area contributed by atoms with Crippen LogP contribution in [0.1, 0.15) is 23.2 Å². The van der Waals surface area contributed by atoms with Gasteiger partial charge in [0.2, 0.25) is 5.91 Å². The van der Waals surface area contributed by atoms with Crippen LogP contribution in [0.5, 0.6) is 0 Å². The van der Waals surface area contributed by atoms with Crippen molar-refractivity contribution in [1.82, 2.24) is 9.80 Å². The summed E-state index contributed by atoms with van der Waals surface area (Å²) in [7, 11) is 3.53. The summed E-state index contributed by atoms with van der Waals surface area (Å²) < 4.78 is 5.54. The molecule has 0 radical (unpaired) electrons. The molecule has 2 amide bonds. The minimum atomic E-state index is -0.0450. The third-order valence-corrected chi connectivity index (χ3v) is 4.03. The summed E-state index contributed by atoms with van der Waals surface area (Å²) >= 11 is 3.21. The zero-order chi connectivity index (χ0) is 14.0. The van der Waals surface area contributed by atoms with Crippen molar-refractivity contribution in [1.29, 1.82) is 0 Å². The Kier molecular flexibility index (Phi) is 4.29. The number of piperidine rings is 1. The summed E-state index contributed by atoms with van der Waals surface area (Å²) in [5.74, 6) is 0.139. The number of likely N-dealkylation sites (tertiary alicyclic amines) is 1. The number of carbonyl (C=O) groups excluding carboxylic acids is 2. The Morgan fingerprint density at radius 2 is 2.00 bits per heavy atom. The SMILES string of the molecule is CN(C)C(=O)C1CCN(C(=O)c2ccoc2Br)CC1. The fourth-order valence-corrected chi connectivity index (χ4v) is 2.72. The number of hydrogen-bond acceptors (Lipinski definition) is 3. The lowest BCUT2D eigenvalue weighted by Gasteiger charge is -2.32. The van der Waals surface area contributed by atoms with E-state index in [0.29, 0.717) is 23.3 Å². The standard InChI is InChI=1S/C13H17BrN2O3/c1-15(2)12(17)9-3-6-16(7-4-9)13(18)10-5-8-19-11(10)14/h5,8-9H,3-4,6-7H2,1-2H3. The monoisotopic (exact) mass is 328 g/mol. The second kappa shape index (κ2) is 5.77. The number of amides is 2. The van der Waals surface area contributed by atoms with Crippen molar-refractivity contribution in [2.45, 2.75) is 12.8 Å². The molecule has 0 aromatic carbocycles. The predicted molar refractivity (Wildman–Crippen MR) is 73.7 cm³/mol. The molecule has 0 spiro atoms. The van der Waals surface area contributed by atoms with Crippen molar-refractivity contribution >= 4 is 27.7 Å². The molecule has 0 atom stereocenters. The summed E-state index contributed by atoms with van der Waals surface area (Å²) in [6.45, 7) is 1.22. The van der Waals surface area contributed by atoms with Gasteiger partial charge in [0, 0.05) is 33.1 Å². The molecule has 6 heteroatoms. The topological polar surface area (TPSA) is 53.8 Å². The summed E-state index contributed by atoms with van der Waals surface area (Å²) in [5.41, 5.74) is 0.539. The first kappa shape index (κ1) is 14.1. The zero-order valence-electron chi connectivity index (χ0n) is 11.1. The number of carbonyl (C=O) groups is 2. The third-order valence-electron chi connectivity index (χ3n) is 3.42. The summed E-state index contributed by atoms with van der Waals surface area (Å²) in [4.78, 5) is 27.5. The van der Waals surface area contributed by atoms with Gasteiger partial charge in [-0.1, -0.05) is 0 Å². The molecule has 0 unspecified atom stereocenters. The van der Waals surface area contributed by atoms with Crippen LogP contribution in [0.3, 0.4) is 0 Å². The van der Waals surface area contributed by atoms with Crippen LogP contribution in [-0.4, -0.2) is 48.8 Å². The van der Waals surface area contributed by atoms with Crippen LogP contribution in [0.15, 0.2) is 21.4 Å². The Hall–Kier alpha value is -1.30. The highest BCUT2D eigenvalue weighted by molar-refractivity contribution is 9.10. The average molecular weight is 329 g/mol. The molecule has 5 nitrogen and oxygen atoms in total. The third kappa shape index (κ3) is 3.00.